The zero-order valence-electron chi connectivity index (χ0n) is 15.6. The molecule has 2 heterocycles. The number of imide groups is 1. The summed E-state index contributed by atoms with van der Waals surface area (Å²) >= 11 is 0. The molecule has 0 radical (unpaired) electrons. The number of nitrogens with one attached hydrogen (secondary N) is 1. The average Bonchev–Trinajstić information content (AvgIpc) is 3.15. The molecular weight excluding hydrogens is 360 g/mol. The number of aromatic nitrogens is 2. The highest BCUT2D eigenvalue weighted by atomic mass is 16.5. The first-order valence-corrected chi connectivity index (χ1v) is 8.88. The summed E-state index contributed by atoms with van der Waals surface area (Å²) in [7, 11) is 3.11. The van der Waals surface area contributed by atoms with Crippen LogP contribution in [-0.2, 0) is 11.3 Å². The maximum absolute atomic E-state index is 13.1. The number of amides is 3. The summed E-state index contributed by atoms with van der Waals surface area (Å²) in [5, 5.41) is 8.06. The molecule has 2 aromatic carbocycles. The fraction of sp³-hybridized carbons (Fsp3) is 0.250. The molecule has 1 aliphatic rings. The van der Waals surface area contributed by atoms with Crippen molar-refractivity contribution in [3.63, 3.8) is 0 Å². The Balaban J connectivity index is 1.64. The summed E-state index contributed by atoms with van der Waals surface area (Å²) in [5.41, 5.74) is 1.56. The minimum absolute atomic E-state index is 0.115. The van der Waals surface area contributed by atoms with Crippen molar-refractivity contribution in [3.05, 3.63) is 48.0 Å². The second-order valence-corrected chi connectivity index (χ2v) is 6.43. The van der Waals surface area contributed by atoms with Crippen molar-refractivity contribution in [1.29, 1.82) is 0 Å². The summed E-state index contributed by atoms with van der Waals surface area (Å²) in [6.45, 7) is 0.409. The largest absolute Gasteiger partial charge is 0.497 e. The Labute approximate surface area is 161 Å². The van der Waals surface area contributed by atoms with E-state index in [-0.39, 0.29) is 18.9 Å². The number of aromatic amines is 1. The maximum Gasteiger partial charge on any atom is 0.332 e. The first kappa shape index (κ1) is 17.8. The van der Waals surface area contributed by atoms with Crippen LogP contribution in [0, 0.1) is 0 Å². The van der Waals surface area contributed by atoms with E-state index in [2.05, 4.69) is 10.2 Å². The lowest BCUT2D eigenvalue weighted by atomic mass is 10.1. The lowest BCUT2D eigenvalue weighted by molar-refractivity contribution is -0.129. The Morgan fingerprint density at radius 1 is 1.11 bits per heavy atom. The molecule has 0 saturated carbocycles. The normalized spacial score (nSPS) is 14.6. The van der Waals surface area contributed by atoms with Gasteiger partial charge in [-0.15, -0.1) is 0 Å². The third kappa shape index (κ3) is 3.02. The fourth-order valence-electron chi connectivity index (χ4n) is 3.35. The van der Waals surface area contributed by atoms with E-state index in [4.69, 9.17) is 9.47 Å². The van der Waals surface area contributed by atoms with E-state index >= 15 is 0 Å². The Bertz CT molecular complexity index is 1050. The third-order valence-electron chi connectivity index (χ3n) is 4.84. The van der Waals surface area contributed by atoms with E-state index in [9.17, 15) is 9.59 Å². The van der Waals surface area contributed by atoms with Crippen LogP contribution in [0.25, 0.3) is 10.9 Å². The van der Waals surface area contributed by atoms with Crippen molar-refractivity contribution < 1.29 is 19.1 Å². The molecule has 4 rings (SSSR count). The molecule has 0 unspecified atom stereocenters. The van der Waals surface area contributed by atoms with Gasteiger partial charge >= 0.3 is 6.03 Å². The van der Waals surface area contributed by atoms with E-state index in [0.717, 1.165) is 16.5 Å². The number of benzene rings is 2. The number of methoxy groups -OCH3 is 2. The van der Waals surface area contributed by atoms with Gasteiger partial charge in [0, 0.05) is 30.0 Å². The van der Waals surface area contributed by atoms with Gasteiger partial charge in [0.1, 0.15) is 11.5 Å². The first-order valence-electron chi connectivity index (χ1n) is 8.88. The van der Waals surface area contributed by atoms with Crippen LogP contribution in [0.3, 0.4) is 0 Å². The first-order chi connectivity index (χ1) is 13.6. The standard InChI is InChI=1S/C20H20N4O4/c1-27-14-8-7-13(17(11-14)28-2)12-24-18(25)9-10-23(20(24)26)19-15-5-3-4-6-16(15)21-22-19/h3-8,11H,9-10,12H2,1-2H3,(H,21,22). The number of ether oxygens (including phenoxy) is 2. The predicted octanol–water partition coefficient (Wildman–Crippen LogP) is 2.94. The number of para-hydroxylation sites is 1. The molecule has 3 aromatic rings. The van der Waals surface area contributed by atoms with Gasteiger partial charge in [-0.25, -0.2) is 4.79 Å². The molecule has 0 spiro atoms. The van der Waals surface area contributed by atoms with Gasteiger partial charge in [-0.05, 0) is 24.3 Å². The SMILES string of the molecule is COc1ccc(CN2C(=O)CCN(c3n[nH]c4ccccc34)C2=O)c(OC)c1. The molecule has 0 aliphatic carbocycles. The van der Waals surface area contributed by atoms with Crippen LogP contribution in [0.5, 0.6) is 11.5 Å². The summed E-state index contributed by atoms with van der Waals surface area (Å²) in [5.74, 6) is 1.50. The van der Waals surface area contributed by atoms with E-state index < -0.39 is 6.03 Å². The van der Waals surface area contributed by atoms with Crippen LogP contribution < -0.4 is 14.4 Å². The fourth-order valence-corrected chi connectivity index (χ4v) is 3.35. The molecule has 8 nitrogen and oxygen atoms in total. The van der Waals surface area contributed by atoms with Crippen LogP contribution in [0.15, 0.2) is 42.5 Å². The molecule has 1 N–H and O–H groups in total. The Morgan fingerprint density at radius 3 is 2.71 bits per heavy atom. The van der Waals surface area contributed by atoms with Gasteiger partial charge in [-0.1, -0.05) is 12.1 Å². The predicted molar refractivity (Wildman–Crippen MR) is 104 cm³/mol. The number of hydrogen-bond acceptors (Lipinski definition) is 5. The molecule has 1 aliphatic heterocycles. The lowest BCUT2D eigenvalue weighted by Crippen LogP contribution is -2.52. The van der Waals surface area contributed by atoms with Gasteiger partial charge < -0.3 is 9.47 Å². The number of hydrogen-bond donors (Lipinski definition) is 1. The van der Waals surface area contributed by atoms with Crippen molar-refractivity contribution in [2.24, 2.45) is 0 Å². The van der Waals surface area contributed by atoms with Crippen LogP contribution in [0.4, 0.5) is 10.6 Å². The molecule has 28 heavy (non-hydrogen) atoms. The average molecular weight is 380 g/mol. The van der Waals surface area contributed by atoms with E-state index in [0.29, 0.717) is 23.9 Å². The molecule has 144 valence electrons. The number of nitrogens with zero attached hydrogens (tertiary/aromatic N) is 3. The van der Waals surface area contributed by atoms with Crippen molar-refractivity contribution in [1.82, 2.24) is 15.1 Å². The lowest BCUT2D eigenvalue weighted by Gasteiger charge is -2.33. The maximum atomic E-state index is 13.1. The van der Waals surface area contributed by atoms with Crippen molar-refractivity contribution in [2.45, 2.75) is 13.0 Å². The van der Waals surface area contributed by atoms with Gasteiger partial charge in [-0.3, -0.25) is 19.7 Å². The molecule has 1 fully saturated rings. The highest BCUT2D eigenvalue weighted by molar-refractivity contribution is 6.08. The molecular formula is C20H20N4O4. The van der Waals surface area contributed by atoms with Gasteiger partial charge in [0.25, 0.3) is 0 Å². The Kier molecular flexibility index (Phi) is 4.60. The van der Waals surface area contributed by atoms with E-state index in [1.165, 1.54) is 9.80 Å². The minimum Gasteiger partial charge on any atom is -0.497 e. The van der Waals surface area contributed by atoms with Crippen LogP contribution in [0.1, 0.15) is 12.0 Å². The minimum atomic E-state index is -0.397. The van der Waals surface area contributed by atoms with Crippen molar-refractivity contribution in [3.8, 4) is 11.5 Å². The van der Waals surface area contributed by atoms with Crippen molar-refractivity contribution >= 4 is 28.7 Å². The quantitative estimate of drug-likeness (QED) is 0.735. The monoisotopic (exact) mass is 380 g/mol. The van der Waals surface area contributed by atoms with Crippen LogP contribution in [0.2, 0.25) is 0 Å². The third-order valence-corrected chi connectivity index (χ3v) is 4.84. The summed E-state index contributed by atoms with van der Waals surface area (Å²) in [6, 6.07) is 12.5. The smallest absolute Gasteiger partial charge is 0.332 e. The number of fused-ring (bicyclic) bond motifs is 1. The Morgan fingerprint density at radius 2 is 1.93 bits per heavy atom. The van der Waals surface area contributed by atoms with Gasteiger partial charge in [0.2, 0.25) is 5.91 Å². The summed E-state index contributed by atoms with van der Waals surface area (Å²) < 4.78 is 10.6. The van der Waals surface area contributed by atoms with E-state index in [1.807, 2.05) is 24.3 Å². The number of carbonyl (C=O) groups is 2. The molecule has 0 atom stereocenters. The van der Waals surface area contributed by atoms with Crippen molar-refractivity contribution in [2.75, 3.05) is 25.7 Å². The van der Waals surface area contributed by atoms with Crippen LogP contribution in [-0.4, -0.2) is 47.8 Å². The summed E-state index contributed by atoms with van der Waals surface area (Å²) in [4.78, 5) is 28.4. The van der Waals surface area contributed by atoms with Gasteiger partial charge in [0.15, 0.2) is 5.82 Å². The molecule has 0 bridgehead atoms. The van der Waals surface area contributed by atoms with Crippen LogP contribution >= 0.6 is 0 Å². The topological polar surface area (TPSA) is 87.8 Å². The highest BCUT2D eigenvalue weighted by Gasteiger charge is 2.35. The number of anilines is 1. The Hall–Kier alpha value is -3.55. The molecule has 3 amide bonds. The number of rotatable bonds is 5. The molecule has 8 heteroatoms. The number of urea groups is 1. The van der Waals surface area contributed by atoms with Gasteiger partial charge in [-0.2, -0.15) is 5.10 Å². The molecule has 1 saturated heterocycles. The zero-order valence-corrected chi connectivity index (χ0v) is 15.6. The zero-order chi connectivity index (χ0) is 19.7. The highest BCUT2D eigenvalue weighted by Crippen LogP contribution is 2.30. The second kappa shape index (κ2) is 7.22. The number of carbonyl (C=O) groups excluding carboxylic acids is 2. The summed E-state index contributed by atoms with van der Waals surface area (Å²) in [6.07, 6.45) is 0.228. The van der Waals surface area contributed by atoms with Gasteiger partial charge in [0.05, 0.1) is 26.3 Å². The van der Waals surface area contributed by atoms with E-state index in [1.54, 1.807) is 32.4 Å². The number of H-pyrrole nitrogens is 1. The molecule has 1 aromatic heterocycles. The second-order valence-electron chi connectivity index (χ2n) is 6.43.